The van der Waals surface area contributed by atoms with Crippen molar-refractivity contribution < 1.29 is 9.53 Å². The number of carbonyl (C=O) groups is 1. The quantitative estimate of drug-likeness (QED) is 0.640. The van der Waals surface area contributed by atoms with Gasteiger partial charge in [-0.15, -0.1) is 0 Å². The number of hydrogen-bond acceptors (Lipinski definition) is 3. The first kappa shape index (κ1) is 20.2. The molecule has 0 bridgehead atoms. The van der Waals surface area contributed by atoms with Gasteiger partial charge in [0.1, 0.15) is 12.4 Å². The van der Waals surface area contributed by atoms with Gasteiger partial charge in [0.15, 0.2) is 5.78 Å². The van der Waals surface area contributed by atoms with Gasteiger partial charge in [0, 0.05) is 23.4 Å². The summed E-state index contributed by atoms with van der Waals surface area (Å²) in [5.74, 6) is 0.986. The van der Waals surface area contributed by atoms with Crippen molar-refractivity contribution in [3.8, 4) is 5.75 Å². The van der Waals surface area contributed by atoms with Crippen molar-refractivity contribution in [1.29, 1.82) is 0 Å². The number of halogens is 2. The molecule has 2 aromatic rings. The van der Waals surface area contributed by atoms with Gasteiger partial charge in [0.05, 0.1) is 10.0 Å². The fraction of sp³-hybridized carbons (Fsp3) is 0.409. The minimum atomic E-state index is -0.452. The predicted octanol–water partition coefficient (Wildman–Crippen LogP) is 5.68. The van der Waals surface area contributed by atoms with Gasteiger partial charge < -0.3 is 9.64 Å². The minimum absolute atomic E-state index is 0.0956. The van der Waals surface area contributed by atoms with E-state index < -0.39 is 5.41 Å². The molecule has 0 aromatic heterocycles. The normalized spacial score (nSPS) is 18.5. The Bertz CT molecular complexity index is 861. The van der Waals surface area contributed by atoms with Crippen molar-refractivity contribution in [2.75, 3.05) is 27.2 Å². The molecule has 0 saturated heterocycles. The van der Waals surface area contributed by atoms with E-state index in [0.29, 0.717) is 16.7 Å². The number of nitrogens with zero attached hydrogens (tertiary/aromatic N) is 1. The second-order valence-electron chi connectivity index (χ2n) is 8.04. The molecule has 1 aliphatic rings. The molecule has 3 rings (SSSR count). The molecule has 2 aromatic carbocycles. The van der Waals surface area contributed by atoms with Crippen LogP contribution in [0.1, 0.15) is 47.7 Å². The van der Waals surface area contributed by atoms with Gasteiger partial charge in [-0.25, -0.2) is 0 Å². The molecule has 0 fully saturated rings. The highest BCUT2D eigenvalue weighted by Crippen LogP contribution is 2.46. The second-order valence-corrected chi connectivity index (χ2v) is 8.86. The number of hydrogen-bond donors (Lipinski definition) is 0. The van der Waals surface area contributed by atoms with E-state index in [1.807, 2.05) is 64.3 Å². The molecular weight excluding hydrogens is 381 g/mol. The Balaban J connectivity index is 1.98. The zero-order valence-corrected chi connectivity index (χ0v) is 17.7. The molecule has 0 amide bonds. The maximum Gasteiger partial charge on any atom is 0.168 e. The van der Waals surface area contributed by atoms with Crippen LogP contribution in [-0.2, 0) is 0 Å². The zero-order chi connectivity index (χ0) is 19.8. The van der Waals surface area contributed by atoms with E-state index in [2.05, 4.69) is 4.90 Å². The first-order valence-electron chi connectivity index (χ1n) is 9.10. The van der Waals surface area contributed by atoms with Crippen LogP contribution in [0.4, 0.5) is 0 Å². The lowest BCUT2D eigenvalue weighted by atomic mass is 9.66. The molecular formula is C22H25Cl2NO2. The van der Waals surface area contributed by atoms with Crippen LogP contribution >= 0.6 is 23.2 Å². The molecule has 1 atom stereocenters. The van der Waals surface area contributed by atoms with E-state index in [9.17, 15) is 4.79 Å². The lowest BCUT2D eigenvalue weighted by molar-refractivity contribution is 0.0801. The number of likely N-dealkylation sites (N-methyl/N-ethyl adjacent to an activating group) is 1. The largest absolute Gasteiger partial charge is 0.492 e. The highest BCUT2D eigenvalue weighted by Gasteiger charge is 2.40. The maximum absolute atomic E-state index is 13.1. The highest BCUT2D eigenvalue weighted by molar-refractivity contribution is 6.42. The van der Waals surface area contributed by atoms with E-state index in [1.165, 1.54) is 0 Å². The Morgan fingerprint density at radius 2 is 1.85 bits per heavy atom. The van der Waals surface area contributed by atoms with Crippen molar-refractivity contribution >= 4 is 29.0 Å². The fourth-order valence-electron chi connectivity index (χ4n) is 3.58. The van der Waals surface area contributed by atoms with Gasteiger partial charge >= 0.3 is 0 Å². The van der Waals surface area contributed by atoms with Crippen LogP contribution in [0.25, 0.3) is 0 Å². The van der Waals surface area contributed by atoms with Crippen molar-refractivity contribution in [2.24, 2.45) is 5.41 Å². The summed E-state index contributed by atoms with van der Waals surface area (Å²) in [4.78, 5) is 15.1. The molecule has 0 N–H and O–H groups in total. The van der Waals surface area contributed by atoms with Crippen LogP contribution in [0, 0.1) is 5.41 Å². The Labute approximate surface area is 171 Å². The van der Waals surface area contributed by atoms with Crippen LogP contribution in [0.3, 0.4) is 0 Å². The van der Waals surface area contributed by atoms with E-state index in [1.54, 1.807) is 0 Å². The Hall–Kier alpha value is -1.55. The Kier molecular flexibility index (Phi) is 5.85. The SMILES string of the molecule is CN(C)CCOc1ccc2c(c1)C(=O)C(C)(C)CC2c1ccc(Cl)c(Cl)c1. The summed E-state index contributed by atoms with van der Waals surface area (Å²) < 4.78 is 5.84. The summed E-state index contributed by atoms with van der Waals surface area (Å²) >= 11 is 12.3. The van der Waals surface area contributed by atoms with Gasteiger partial charge in [0.2, 0.25) is 0 Å². The fourth-order valence-corrected chi connectivity index (χ4v) is 3.88. The van der Waals surface area contributed by atoms with Crippen LogP contribution in [-0.4, -0.2) is 37.9 Å². The summed E-state index contributed by atoms with van der Waals surface area (Å²) in [5.41, 5.74) is 2.39. The lowest BCUT2D eigenvalue weighted by Gasteiger charge is -2.36. The number of ketones is 1. The molecule has 1 unspecified atom stereocenters. The van der Waals surface area contributed by atoms with Gasteiger partial charge in [-0.05, 0) is 55.9 Å². The van der Waals surface area contributed by atoms with Gasteiger partial charge in [-0.1, -0.05) is 49.2 Å². The average Bonchev–Trinajstić information content (AvgIpc) is 2.60. The molecule has 5 heteroatoms. The van der Waals surface area contributed by atoms with Crippen LogP contribution < -0.4 is 4.74 Å². The summed E-state index contributed by atoms with van der Waals surface area (Å²) in [7, 11) is 4.01. The molecule has 0 radical (unpaired) electrons. The topological polar surface area (TPSA) is 29.5 Å². The van der Waals surface area contributed by atoms with Crippen molar-refractivity contribution in [3.63, 3.8) is 0 Å². The number of carbonyl (C=O) groups excluding carboxylic acids is 1. The number of rotatable bonds is 5. The molecule has 1 aliphatic carbocycles. The van der Waals surface area contributed by atoms with Crippen LogP contribution in [0.2, 0.25) is 10.0 Å². The van der Waals surface area contributed by atoms with E-state index in [-0.39, 0.29) is 11.7 Å². The molecule has 0 aliphatic heterocycles. The van der Waals surface area contributed by atoms with Crippen LogP contribution in [0.15, 0.2) is 36.4 Å². The summed E-state index contributed by atoms with van der Waals surface area (Å²) in [6.45, 7) is 5.41. The van der Waals surface area contributed by atoms with Crippen LogP contribution in [0.5, 0.6) is 5.75 Å². The Morgan fingerprint density at radius 1 is 1.11 bits per heavy atom. The molecule has 0 heterocycles. The first-order chi connectivity index (χ1) is 12.7. The smallest absolute Gasteiger partial charge is 0.168 e. The predicted molar refractivity (Wildman–Crippen MR) is 112 cm³/mol. The summed E-state index contributed by atoms with van der Waals surface area (Å²) in [5, 5.41) is 1.07. The minimum Gasteiger partial charge on any atom is -0.492 e. The van der Waals surface area contributed by atoms with Gasteiger partial charge in [-0.2, -0.15) is 0 Å². The third-order valence-corrected chi connectivity index (χ3v) is 5.87. The molecule has 3 nitrogen and oxygen atoms in total. The van der Waals surface area contributed by atoms with Crippen molar-refractivity contribution in [1.82, 2.24) is 4.90 Å². The third-order valence-electron chi connectivity index (χ3n) is 5.13. The van der Waals surface area contributed by atoms with Crippen molar-refractivity contribution in [2.45, 2.75) is 26.2 Å². The molecule has 0 spiro atoms. The zero-order valence-electron chi connectivity index (χ0n) is 16.2. The van der Waals surface area contributed by atoms with E-state index in [0.717, 1.165) is 35.4 Å². The Morgan fingerprint density at radius 3 is 2.52 bits per heavy atom. The monoisotopic (exact) mass is 405 g/mol. The highest BCUT2D eigenvalue weighted by atomic mass is 35.5. The lowest BCUT2D eigenvalue weighted by Crippen LogP contribution is -2.33. The number of Topliss-reactive ketones (excluding diaryl/α,β-unsaturated/α-hetero) is 1. The van der Waals surface area contributed by atoms with Crippen molar-refractivity contribution in [3.05, 3.63) is 63.1 Å². The molecule has 27 heavy (non-hydrogen) atoms. The number of ether oxygens (including phenoxy) is 1. The van der Waals surface area contributed by atoms with E-state index in [4.69, 9.17) is 27.9 Å². The third kappa shape index (κ3) is 4.31. The number of benzene rings is 2. The molecule has 144 valence electrons. The number of fused-ring (bicyclic) bond motifs is 1. The maximum atomic E-state index is 13.1. The molecule has 0 saturated carbocycles. The van der Waals surface area contributed by atoms with Gasteiger partial charge in [-0.3, -0.25) is 4.79 Å². The van der Waals surface area contributed by atoms with Gasteiger partial charge in [0.25, 0.3) is 0 Å². The summed E-state index contributed by atoms with van der Waals surface area (Å²) in [6, 6.07) is 11.6. The second kappa shape index (κ2) is 7.83. The average molecular weight is 406 g/mol. The van der Waals surface area contributed by atoms with E-state index >= 15 is 0 Å². The first-order valence-corrected chi connectivity index (χ1v) is 9.86. The summed E-state index contributed by atoms with van der Waals surface area (Å²) in [6.07, 6.45) is 0.734. The standard InChI is InChI=1S/C22H25Cl2NO2/c1-22(2)13-18(14-5-8-19(23)20(24)11-14)16-7-6-15(12-17(16)21(22)26)27-10-9-25(3)4/h5-8,11-12,18H,9-10,13H2,1-4H3.